The molecular weight excluding hydrogens is 335 g/mol. The van der Waals surface area contributed by atoms with E-state index in [-0.39, 0.29) is 30.9 Å². The molecule has 0 spiro atoms. The van der Waals surface area contributed by atoms with E-state index in [0.29, 0.717) is 11.3 Å². The Balaban J connectivity index is 1.74. The molecule has 0 aliphatic heterocycles. The van der Waals surface area contributed by atoms with Gasteiger partial charge >= 0.3 is 6.18 Å². The number of rotatable bonds is 6. The molecule has 2 aromatic rings. The summed E-state index contributed by atoms with van der Waals surface area (Å²) in [4.78, 5) is 14.3. The summed E-state index contributed by atoms with van der Waals surface area (Å²) in [6.45, 7) is 0.525. The van der Waals surface area contributed by atoms with Gasteiger partial charge < -0.3 is 14.1 Å². The quantitative estimate of drug-likeness (QED) is 0.780. The number of furan rings is 1. The maximum Gasteiger partial charge on any atom is 0.416 e. The Bertz CT molecular complexity index is 733. The topological polar surface area (TPSA) is 42.7 Å². The molecule has 134 valence electrons. The Morgan fingerprint density at radius 2 is 1.88 bits per heavy atom. The summed E-state index contributed by atoms with van der Waals surface area (Å²) in [6, 6.07) is 8.26. The smallest absolute Gasteiger partial charge is 0.416 e. The molecule has 0 N–H and O–H groups in total. The monoisotopic (exact) mass is 353 g/mol. The second-order valence-electron chi connectivity index (χ2n) is 6.06. The van der Waals surface area contributed by atoms with Crippen molar-refractivity contribution in [1.82, 2.24) is 4.90 Å². The first-order valence-corrected chi connectivity index (χ1v) is 7.93. The fourth-order valence-electron chi connectivity index (χ4n) is 2.60. The van der Waals surface area contributed by atoms with Crippen molar-refractivity contribution in [3.63, 3.8) is 0 Å². The maximum absolute atomic E-state index is 12.7. The first kappa shape index (κ1) is 17.5. The molecule has 4 nitrogen and oxygen atoms in total. The van der Waals surface area contributed by atoms with Crippen molar-refractivity contribution in [2.45, 2.75) is 38.2 Å². The van der Waals surface area contributed by atoms with Crippen molar-refractivity contribution in [2.24, 2.45) is 0 Å². The number of nitrogens with zero attached hydrogens (tertiary/aromatic N) is 1. The molecule has 1 saturated carbocycles. The van der Waals surface area contributed by atoms with Crippen molar-refractivity contribution in [3.8, 4) is 0 Å². The number of carbonyl (C=O) groups excluding carboxylic acids is 1. The van der Waals surface area contributed by atoms with Crippen LogP contribution < -0.4 is 0 Å². The second kappa shape index (κ2) is 6.92. The van der Waals surface area contributed by atoms with Crippen LogP contribution in [0.15, 0.2) is 40.8 Å². The number of benzene rings is 1. The third-order valence-corrected chi connectivity index (χ3v) is 4.04. The largest absolute Gasteiger partial charge is 0.453 e. The number of methoxy groups -OCH3 is 1. The third kappa shape index (κ3) is 4.22. The predicted octanol–water partition coefficient (Wildman–Crippen LogP) is 4.25. The van der Waals surface area contributed by atoms with Crippen molar-refractivity contribution in [2.75, 3.05) is 7.11 Å². The fourth-order valence-corrected chi connectivity index (χ4v) is 2.60. The van der Waals surface area contributed by atoms with Crippen molar-refractivity contribution in [3.05, 3.63) is 59.0 Å². The van der Waals surface area contributed by atoms with E-state index < -0.39 is 11.7 Å². The molecule has 1 aromatic heterocycles. The number of hydrogen-bond acceptors (Lipinski definition) is 3. The summed E-state index contributed by atoms with van der Waals surface area (Å²) in [7, 11) is 1.53. The number of carbonyl (C=O) groups is 1. The molecule has 1 aliphatic rings. The van der Waals surface area contributed by atoms with Crippen molar-refractivity contribution >= 4 is 5.91 Å². The maximum atomic E-state index is 12.7. The first-order valence-electron chi connectivity index (χ1n) is 7.93. The molecule has 25 heavy (non-hydrogen) atoms. The van der Waals surface area contributed by atoms with Gasteiger partial charge in [0.15, 0.2) is 5.76 Å². The molecule has 7 heteroatoms. The Morgan fingerprint density at radius 3 is 2.44 bits per heavy atom. The lowest BCUT2D eigenvalue weighted by molar-refractivity contribution is -0.137. The minimum Gasteiger partial charge on any atom is -0.453 e. The average molecular weight is 353 g/mol. The van der Waals surface area contributed by atoms with Crippen LogP contribution >= 0.6 is 0 Å². The van der Waals surface area contributed by atoms with Gasteiger partial charge in [-0.1, -0.05) is 12.1 Å². The van der Waals surface area contributed by atoms with Crippen molar-refractivity contribution in [1.29, 1.82) is 0 Å². The molecule has 1 amide bonds. The molecule has 0 saturated heterocycles. The first-order chi connectivity index (χ1) is 11.9. The lowest BCUT2D eigenvalue weighted by Crippen LogP contribution is -2.32. The lowest BCUT2D eigenvalue weighted by Gasteiger charge is -2.21. The summed E-state index contributed by atoms with van der Waals surface area (Å²) in [5.74, 6) is 0.506. The number of halogens is 3. The second-order valence-corrected chi connectivity index (χ2v) is 6.06. The minimum absolute atomic E-state index is 0.103. The van der Waals surface area contributed by atoms with Crippen LogP contribution in [0.4, 0.5) is 13.2 Å². The standard InChI is InChI=1S/C18H18F3NO3/c1-24-11-15-8-9-16(25-15)17(23)22(14-6-7-14)10-12-2-4-13(5-3-12)18(19,20)21/h2-5,8-9,14H,6-7,10-11H2,1H3. The van der Waals surface area contributed by atoms with Gasteiger partial charge in [-0.2, -0.15) is 13.2 Å². The highest BCUT2D eigenvalue weighted by molar-refractivity contribution is 5.92. The van der Waals surface area contributed by atoms with Gasteiger partial charge in [0.25, 0.3) is 5.91 Å². The van der Waals surface area contributed by atoms with Gasteiger partial charge in [-0.15, -0.1) is 0 Å². The molecule has 1 heterocycles. The zero-order valence-electron chi connectivity index (χ0n) is 13.7. The van der Waals surface area contributed by atoms with Gasteiger partial charge in [-0.25, -0.2) is 0 Å². The van der Waals surface area contributed by atoms with Crippen LogP contribution in [-0.4, -0.2) is 24.0 Å². The molecule has 0 atom stereocenters. The zero-order valence-corrected chi connectivity index (χ0v) is 13.7. The third-order valence-electron chi connectivity index (χ3n) is 4.04. The van der Waals surface area contributed by atoms with Crippen LogP contribution in [0, 0.1) is 0 Å². The van der Waals surface area contributed by atoms with Crippen LogP contribution in [0.5, 0.6) is 0 Å². The Labute approximate surface area is 143 Å². The van der Waals surface area contributed by atoms with Crippen LogP contribution in [-0.2, 0) is 24.1 Å². The van der Waals surface area contributed by atoms with E-state index in [9.17, 15) is 18.0 Å². The van der Waals surface area contributed by atoms with Gasteiger partial charge in [0.1, 0.15) is 12.4 Å². The molecule has 1 fully saturated rings. The van der Waals surface area contributed by atoms with Gasteiger partial charge in [-0.05, 0) is 42.7 Å². The van der Waals surface area contributed by atoms with Gasteiger partial charge in [0.2, 0.25) is 0 Å². The van der Waals surface area contributed by atoms with E-state index in [1.165, 1.54) is 19.2 Å². The van der Waals surface area contributed by atoms with E-state index in [1.807, 2.05) is 0 Å². The highest BCUT2D eigenvalue weighted by Gasteiger charge is 2.35. The number of hydrogen-bond donors (Lipinski definition) is 0. The van der Waals surface area contributed by atoms with Gasteiger partial charge in [-0.3, -0.25) is 4.79 Å². The molecule has 0 unspecified atom stereocenters. The molecule has 1 aliphatic carbocycles. The van der Waals surface area contributed by atoms with Crippen LogP contribution in [0.2, 0.25) is 0 Å². The Kier molecular flexibility index (Phi) is 4.85. The lowest BCUT2D eigenvalue weighted by atomic mass is 10.1. The van der Waals surface area contributed by atoms with Crippen molar-refractivity contribution < 1.29 is 27.1 Å². The van der Waals surface area contributed by atoms with Crippen LogP contribution in [0.3, 0.4) is 0 Å². The number of amides is 1. The van der Waals surface area contributed by atoms with Crippen LogP contribution in [0.1, 0.15) is 40.3 Å². The molecule has 0 radical (unpaired) electrons. The van der Waals surface area contributed by atoms with E-state index >= 15 is 0 Å². The molecule has 3 rings (SSSR count). The zero-order chi connectivity index (χ0) is 18.0. The normalized spacial score (nSPS) is 14.6. The number of ether oxygens (including phenoxy) is 1. The summed E-state index contributed by atoms with van der Waals surface area (Å²) in [5, 5.41) is 0. The Morgan fingerprint density at radius 1 is 1.20 bits per heavy atom. The van der Waals surface area contributed by atoms with Crippen LogP contribution in [0.25, 0.3) is 0 Å². The summed E-state index contributed by atoms with van der Waals surface area (Å²) in [5.41, 5.74) is -0.0484. The van der Waals surface area contributed by atoms with Gasteiger partial charge in [0.05, 0.1) is 5.56 Å². The summed E-state index contributed by atoms with van der Waals surface area (Å²) < 4.78 is 48.4. The Hall–Kier alpha value is -2.28. The minimum atomic E-state index is -4.36. The SMILES string of the molecule is COCc1ccc(C(=O)N(Cc2ccc(C(F)(F)F)cc2)C2CC2)o1. The predicted molar refractivity (Wildman–Crippen MR) is 83.8 cm³/mol. The molecule has 1 aromatic carbocycles. The average Bonchev–Trinajstić information content (AvgIpc) is 3.30. The molecular formula is C18H18F3NO3. The van der Waals surface area contributed by atoms with E-state index in [4.69, 9.17) is 9.15 Å². The van der Waals surface area contributed by atoms with E-state index in [1.54, 1.807) is 17.0 Å². The fraction of sp³-hybridized carbons (Fsp3) is 0.389. The van der Waals surface area contributed by atoms with E-state index in [0.717, 1.165) is 25.0 Å². The summed E-state index contributed by atoms with van der Waals surface area (Å²) in [6.07, 6.45) is -2.59. The van der Waals surface area contributed by atoms with Gasteiger partial charge in [0, 0.05) is 19.7 Å². The highest BCUT2D eigenvalue weighted by atomic mass is 19.4. The summed E-state index contributed by atoms with van der Waals surface area (Å²) >= 11 is 0. The molecule has 0 bridgehead atoms. The van der Waals surface area contributed by atoms with E-state index in [2.05, 4.69) is 0 Å². The number of alkyl halides is 3. The highest BCUT2D eigenvalue weighted by Crippen LogP contribution is 2.32.